The highest BCUT2D eigenvalue weighted by molar-refractivity contribution is 6.32. The summed E-state index contributed by atoms with van der Waals surface area (Å²) in [5, 5.41) is 4.35. The van der Waals surface area contributed by atoms with E-state index in [2.05, 4.69) is 5.16 Å². The second-order valence-electron chi connectivity index (χ2n) is 4.40. The number of benzene rings is 1. The van der Waals surface area contributed by atoms with Crippen LogP contribution in [0.3, 0.4) is 0 Å². The lowest BCUT2D eigenvalue weighted by atomic mass is 10.2. The van der Waals surface area contributed by atoms with Gasteiger partial charge in [-0.15, -0.1) is 0 Å². The van der Waals surface area contributed by atoms with Crippen LogP contribution >= 0.6 is 11.6 Å². The van der Waals surface area contributed by atoms with Crippen molar-refractivity contribution in [2.75, 3.05) is 7.11 Å². The maximum absolute atomic E-state index is 6.21. The van der Waals surface area contributed by atoms with Crippen LogP contribution in [0.15, 0.2) is 16.7 Å². The van der Waals surface area contributed by atoms with Crippen molar-refractivity contribution in [1.82, 2.24) is 5.16 Å². The predicted molar refractivity (Wildman–Crippen MR) is 76.2 cm³/mol. The molecule has 5 nitrogen and oxygen atoms in total. The minimum atomic E-state index is 0.319. The maximum Gasteiger partial charge on any atom is 0.180 e. The topological polar surface area (TPSA) is 70.5 Å². The number of rotatable bonds is 5. The van der Waals surface area contributed by atoms with Crippen molar-refractivity contribution in [2.24, 2.45) is 5.73 Å². The van der Waals surface area contributed by atoms with Gasteiger partial charge in [-0.05, 0) is 31.5 Å². The molecular formula is C14H17ClN2O3. The third kappa shape index (κ3) is 2.89. The van der Waals surface area contributed by atoms with E-state index >= 15 is 0 Å². The summed E-state index contributed by atoms with van der Waals surface area (Å²) >= 11 is 6.21. The molecule has 2 aromatic rings. The van der Waals surface area contributed by atoms with E-state index in [9.17, 15) is 0 Å². The van der Waals surface area contributed by atoms with Gasteiger partial charge in [-0.1, -0.05) is 16.8 Å². The van der Waals surface area contributed by atoms with Crippen LogP contribution in [0.4, 0.5) is 0 Å². The first kappa shape index (κ1) is 14.7. The molecule has 0 unspecified atom stereocenters. The van der Waals surface area contributed by atoms with Crippen LogP contribution in [0.25, 0.3) is 0 Å². The van der Waals surface area contributed by atoms with E-state index in [0.29, 0.717) is 29.7 Å². The highest BCUT2D eigenvalue weighted by Crippen LogP contribution is 2.37. The molecule has 6 heteroatoms. The smallest absolute Gasteiger partial charge is 0.180 e. The highest BCUT2D eigenvalue weighted by Gasteiger charge is 2.15. The van der Waals surface area contributed by atoms with E-state index in [4.69, 9.17) is 31.3 Å². The van der Waals surface area contributed by atoms with E-state index in [0.717, 1.165) is 22.6 Å². The van der Waals surface area contributed by atoms with Crippen LogP contribution in [0.1, 0.15) is 22.6 Å². The molecular weight excluding hydrogens is 280 g/mol. The van der Waals surface area contributed by atoms with Gasteiger partial charge in [0.2, 0.25) is 0 Å². The Bertz CT molecular complexity index is 591. The van der Waals surface area contributed by atoms with Crippen molar-refractivity contribution in [2.45, 2.75) is 27.0 Å². The fourth-order valence-corrected chi connectivity index (χ4v) is 2.17. The fourth-order valence-electron chi connectivity index (χ4n) is 1.88. The van der Waals surface area contributed by atoms with Crippen molar-refractivity contribution in [3.63, 3.8) is 0 Å². The van der Waals surface area contributed by atoms with Gasteiger partial charge in [0.15, 0.2) is 11.5 Å². The molecule has 0 aliphatic heterocycles. The number of methoxy groups -OCH3 is 1. The number of nitrogens with two attached hydrogens (primary N) is 1. The average molecular weight is 297 g/mol. The fraction of sp³-hybridized carbons (Fsp3) is 0.357. The molecule has 0 radical (unpaired) electrons. The number of hydrogen-bond donors (Lipinski definition) is 1. The lowest BCUT2D eigenvalue weighted by Crippen LogP contribution is -2.02. The average Bonchev–Trinajstić information content (AvgIpc) is 2.76. The first-order valence-corrected chi connectivity index (χ1v) is 6.55. The van der Waals surface area contributed by atoms with E-state index in [1.54, 1.807) is 13.2 Å². The molecule has 0 spiro atoms. The standard InChI is InChI=1S/C14H17ClN2O3/c1-8-11(9(2)20-17-8)7-19-14-12(15)4-10(6-16)5-13(14)18-3/h4-5H,6-7,16H2,1-3H3. The van der Waals surface area contributed by atoms with Gasteiger partial charge in [0.1, 0.15) is 12.4 Å². The summed E-state index contributed by atoms with van der Waals surface area (Å²) in [6.45, 7) is 4.42. The van der Waals surface area contributed by atoms with E-state index in [1.165, 1.54) is 0 Å². The monoisotopic (exact) mass is 296 g/mol. The summed E-state index contributed by atoms with van der Waals surface area (Å²) in [7, 11) is 1.56. The van der Waals surface area contributed by atoms with Gasteiger partial charge in [-0.2, -0.15) is 0 Å². The van der Waals surface area contributed by atoms with E-state index < -0.39 is 0 Å². The van der Waals surface area contributed by atoms with Crippen molar-refractivity contribution in [3.05, 3.63) is 39.7 Å². The lowest BCUT2D eigenvalue weighted by Gasteiger charge is -2.13. The SMILES string of the molecule is COc1cc(CN)cc(Cl)c1OCc1c(C)noc1C. The Morgan fingerprint density at radius 3 is 2.65 bits per heavy atom. The van der Waals surface area contributed by atoms with Gasteiger partial charge in [-0.3, -0.25) is 0 Å². The molecule has 0 aliphatic rings. The summed E-state index contributed by atoms with van der Waals surface area (Å²) in [5.74, 6) is 1.78. The van der Waals surface area contributed by atoms with Crippen LogP contribution in [0.2, 0.25) is 5.02 Å². The first-order chi connectivity index (χ1) is 9.56. The minimum Gasteiger partial charge on any atom is -0.493 e. The zero-order chi connectivity index (χ0) is 14.7. The van der Waals surface area contributed by atoms with Crippen molar-refractivity contribution >= 4 is 11.6 Å². The van der Waals surface area contributed by atoms with Gasteiger partial charge in [-0.25, -0.2) is 0 Å². The van der Waals surface area contributed by atoms with Crippen LogP contribution in [-0.2, 0) is 13.2 Å². The Hall–Kier alpha value is -1.72. The van der Waals surface area contributed by atoms with Gasteiger partial charge in [0.05, 0.1) is 23.4 Å². The molecule has 1 heterocycles. The molecule has 1 aromatic heterocycles. The lowest BCUT2D eigenvalue weighted by molar-refractivity contribution is 0.281. The Kier molecular flexibility index (Phi) is 4.52. The third-order valence-corrected chi connectivity index (χ3v) is 3.35. The van der Waals surface area contributed by atoms with Crippen molar-refractivity contribution in [1.29, 1.82) is 0 Å². The number of nitrogens with zero attached hydrogens (tertiary/aromatic N) is 1. The number of ether oxygens (including phenoxy) is 2. The van der Waals surface area contributed by atoms with Crippen molar-refractivity contribution < 1.29 is 14.0 Å². The van der Waals surface area contributed by atoms with Crippen LogP contribution in [-0.4, -0.2) is 12.3 Å². The Labute approximate surface area is 122 Å². The van der Waals surface area contributed by atoms with E-state index in [-0.39, 0.29) is 0 Å². The summed E-state index contributed by atoms with van der Waals surface area (Å²) in [6.07, 6.45) is 0. The second kappa shape index (κ2) is 6.15. The quantitative estimate of drug-likeness (QED) is 0.918. The predicted octanol–water partition coefficient (Wildman–Crippen LogP) is 2.99. The van der Waals surface area contributed by atoms with Crippen molar-refractivity contribution in [3.8, 4) is 11.5 Å². The molecule has 1 aromatic carbocycles. The van der Waals surface area contributed by atoms with Gasteiger partial charge < -0.3 is 19.7 Å². The zero-order valence-electron chi connectivity index (χ0n) is 11.7. The molecule has 0 saturated carbocycles. The molecule has 0 aliphatic carbocycles. The molecule has 108 valence electrons. The largest absolute Gasteiger partial charge is 0.493 e. The van der Waals surface area contributed by atoms with Gasteiger partial charge in [0, 0.05) is 6.54 Å². The summed E-state index contributed by atoms with van der Waals surface area (Å²) in [4.78, 5) is 0. The maximum atomic E-state index is 6.21. The van der Waals surface area contributed by atoms with Gasteiger partial charge >= 0.3 is 0 Å². The van der Waals surface area contributed by atoms with Crippen LogP contribution in [0, 0.1) is 13.8 Å². The molecule has 2 rings (SSSR count). The Morgan fingerprint density at radius 2 is 2.10 bits per heavy atom. The number of aryl methyl sites for hydroxylation is 2. The van der Waals surface area contributed by atoms with Crippen LogP contribution in [0.5, 0.6) is 11.5 Å². The molecule has 0 amide bonds. The molecule has 20 heavy (non-hydrogen) atoms. The molecule has 2 N–H and O–H groups in total. The van der Waals surface area contributed by atoms with E-state index in [1.807, 2.05) is 19.9 Å². The molecule has 0 bridgehead atoms. The Balaban J connectivity index is 2.25. The summed E-state index contributed by atoms with van der Waals surface area (Å²) in [5.41, 5.74) is 8.20. The zero-order valence-corrected chi connectivity index (χ0v) is 12.5. The summed E-state index contributed by atoms with van der Waals surface area (Å²) in [6, 6.07) is 3.58. The molecule has 0 fully saturated rings. The minimum absolute atomic E-state index is 0.319. The second-order valence-corrected chi connectivity index (χ2v) is 4.81. The number of hydrogen-bond acceptors (Lipinski definition) is 5. The first-order valence-electron chi connectivity index (χ1n) is 6.17. The van der Waals surface area contributed by atoms with Crippen LogP contribution < -0.4 is 15.2 Å². The summed E-state index contributed by atoms with van der Waals surface area (Å²) < 4.78 is 16.2. The third-order valence-electron chi connectivity index (χ3n) is 3.07. The highest BCUT2D eigenvalue weighted by atomic mass is 35.5. The number of halogens is 1. The van der Waals surface area contributed by atoms with Gasteiger partial charge in [0.25, 0.3) is 0 Å². The Morgan fingerprint density at radius 1 is 1.35 bits per heavy atom. The number of aromatic nitrogens is 1. The molecule has 0 saturated heterocycles. The normalized spacial score (nSPS) is 10.7. The molecule has 0 atom stereocenters.